The number of phenolic OH excluding ortho intramolecular Hbond substituents is 1. The van der Waals surface area contributed by atoms with Gasteiger partial charge in [0.25, 0.3) is 0 Å². The molecule has 0 heterocycles. The minimum Gasteiger partial charge on any atom is -0.508 e. The summed E-state index contributed by atoms with van der Waals surface area (Å²) >= 11 is 0. The topological polar surface area (TPSA) is 66.6 Å². The zero-order valence-corrected chi connectivity index (χ0v) is 11.6. The van der Waals surface area contributed by atoms with Crippen LogP contribution in [0.25, 0.3) is 0 Å². The lowest BCUT2D eigenvalue weighted by Crippen LogP contribution is -2.56. The summed E-state index contributed by atoms with van der Waals surface area (Å²) in [5, 5.41) is 9.49. The molecule has 3 N–H and O–H groups in total. The van der Waals surface area contributed by atoms with Gasteiger partial charge < -0.3 is 15.7 Å². The second kappa shape index (κ2) is 5.21. The first-order valence-corrected chi connectivity index (χ1v) is 6.78. The maximum atomic E-state index is 12.6. The van der Waals surface area contributed by atoms with Gasteiger partial charge in [-0.3, -0.25) is 4.79 Å². The summed E-state index contributed by atoms with van der Waals surface area (Å²) in [5.41, 5.74) is 6.22. The molecule has 2 unspecified atom stereocenters. The lowest BCUT2D eigenvalue weighted by Gasteiger charge is -2.38. The van der Waals surface area contributed by atoms with E-state index in [1.54, 1.807) is 36.2 Å². The van der Waals surface area contributed by atoms with Gasteiger partial charge in [-0.1, -0.05) is 25.8 Å². The molecule has 1 saturated carbocycles. The number of anilines is 1. The number of hydrogen-bond acceptors (Lipinski definition) is 3. The van der Waals surface area contributed by atoms with Crippen molar-refractivity contribution in [2.45, 2.75) is 38.1 Å². The fourth-order valence-electron chi connectivity index (χ4n) is 2.94. The third-order valence-corrected chi connectivity index (χ3v) is 3.98. The Morgan fingerprint density at radius 3 is 2.89 bits per heavy atom. The molecule has 2 rings (SSSR count). The summed E-state index contributed by atoms with van der Waals surface area (Å²) in [6.45, 7) is 2.14. The average Bonchev–Trinajstić information content (AvgIpc) is 2.36. The number of hydrogen-bond donors (Lipinski definition) is 2. The molecule has 2 atom stereocenters. The largest absolute Gasteiger partial charge is 0.508 e. The van der Waals surface area contributed by atoms with Gasteiger partial charge in [0, 0.05) is 18.8 Å². The van der Waals surface area contributed by atoms with E-state index in [0.717, 1.165) is 25.7 Å². The molecule has 104 valence electrons. The number of rotatable bonds is 2. The SMILES string of the molecule is CC1CCCC(N)(C(=O)N(C)c2cccc(O)c2)C1. The third-order valence-electron chi connectivity index (χ3n) is 3.98. The van der Waals surface area contributed by atoms with Crippen molar-refractivity contribution in [1.82, 2.24) is 0 Å². The fraction of sp³-hybridized carbons (Fsp3) is 0.533. The van der Waals surface area contributed by atoms with Gasteiger partial charge in [0.2, 0.25) is 5.91 Å². The van der Waals surface area contributed by atoms with Crippen LogP contribution in [-0.2, 0) is 4.79 Å². The monoisotopic (exact) mass is 262 g/mol. The summed E-state index contributed by atoms with van der Waals surface area (Å²) in [7, 11) is 1.71. The molecule has 0 saturated heterocycles. The molecular formula is C15H22N2O2. The summed E-state index contributed by atoms with van der Waals surface area (Å²) in [6.07, 6.45) is 3.60. The Balaban J connectivity index is 2.19. The van der Waals surface area contributed by atoms with E-state index in [4.69, 9.17) is 5.73 Å². The first-order valence-electron chi connectivity index (χ1n) is 6.78. The quantitative estimate of drug-likeness (QED) is 0.859. The standard InChI is InChI=1S/C15H22N2O2/c1-11-5-4-8-15(16,10-11)14(19)17(2)12-6-3-7-13(18)9-12/h3,6-7,9,11,18H,4-5,8,10,16H2,1-2H3. The van der Waals surface area contributed by atoms with Crippen molar-refractivity contribution in [1.29, 1.82) is 0 Å². The van der Waals surface area contributed by atoms with Crippen molar-refractivity contribution in [3.8, 4) is 5.75 Å². The van der Waals surface area contributed by atoms with Crippen LogP contribution < -0.4 is 10.6 Å². The van der Waals surface area contributed by atoms with Gasteiger partial charge in [-0.25, -0.2) is 0 Å². The number of benzene rings is 1. The van der Waals surface area contributed by atoms with E-state index in [9.17, 15) is 9.90 Å². The van der Waals surface area contributed by atoms with E-state index in [-0.39, 0.29) is 11.7 Å². The van der Waals surface area contributed by atoms with E-state index in [0.29, 0.717) is 11.6 Å². The van der Waals surface area contributed by atoms with Crippen LogP contribution in [0.2, 0.25) is 0 Å². The molecule has 1 aromatic rings. The van der Waals surface area contributed by atoms with Crippen molar-refractivity contribution >= 4 is 11.6 Å². The lowest BCUT2D eigenvalue weighted by atomic mass is 9.76. The maximum Gasteiger partial charge on any atom is 0.246 e. The van der Waals surface area contributed by atoms with E-state index in [1.807, 2.05) is 0 Å². The number of carbonyl (C=O) groups excluding carboxylic acids is 1. The van der Waals surface area contributed by atoms with Crippen molar-refractivity contribution in [2.75, 3.05) is 11.9 Å². The predicted molar refractivity (Wildman–Crippen MR) is 76.1 cm³/mol. The highest BCUT2D eigenvalue weighted by Gasteiger charge is 2.40. The molecule has 1 fully saturated rings. The van der Waals surface area contributed by atoms with Gasteiger partial charge in [-0.2, -0.15) is 0 Å². The summed E-state index contributed by atoms with van der Waals surface area (Å²) < 4.78 is 0. The first-order chi connectivity index (χ1) is 8.92. The van der Waals surface area contributed by atoms with E-state index in [2.05, 4.69) is 6.92 Å². The molecule has 1 aliphatic rings. The summed E-state index contributed by atoms with van der Waals surface area (Å²) in [4.78, 5) is 14.1. The van der Waals surface area contributed by atoms with Gasteiger partial charge in [-0.15, -0.1) is 0 Å². The van der Waals surface area contributed by atoms with Crippen molar-refractivity contribution < 1.29 is 9.90 Å². The van der Waals surface area contributed by atoms with Crippen LogP contribution in [0.1, 0.15) is 32.6 Å². The minimum atomic E-state index is -0.766. The Bertz CT molecular complexity index is 475. The fourth-order valence-corrected chi connectivity index (χ4v) is 2.94. The molecule has 0 aromatic heterocycles. The zero-order valence-electron chi connectivity index (χ0n) is 11.6. The molecule has 1 amide bonds. The number of nitrogens with two attached hydrogens (primary N) is 1. The lowest BCUT2D eigenvalue weighted by molar-refractivity contribution is -0.125. The van der Waals surface area contributed by atoms with Gasteiger partial charge in [-0.05, 0) is 30.9 Å². The van der Waals surface area contributed by atoms with Gasteiger partial charge in [0.15, 0.2) is 0 Å². The zero-order chi connectivity index (χ0) is 14.0. The van der Waals surface area contributed by atoms with Crippen molar-refractivity contribution in [3.05, 3.63) is 24.3 Å². The normalized spacial score (nSPS) is 27.0. The summed E-state index contributed by atoms with van der Waals surface area (Å²) in [6, 6.07) is 6.69. The van der Waals surface area contributed by atoms with Crippen LogP contribution in [0.4, 0.5) is 5.69 Å². The number of nitrogens with zero attached hydrogens (tertiary/aromatic N) is 1. The Hall–Kier alpha value is -1.55. The molecule has 0 aliphatic heterocycles. The maximum absolute atomic E-state index is 12.6. The van der Waals surface area contributed by atoms with Crippen molar-refractivity contribution in [2.24, 2.45) is 11.7 Å². The van der Waals surface area contributed by atoms with Crippen LogP contribution in [0.15, 0.2) is 24.3 Å². The molecule has 1 aromatic carbocycles. The summed E-state index contributed by atoms with van der Waals surface area (Å²) in [5.74, 6) is 0.574. The Labute approximate surface area is 114 Å². The first kappa shape index (κ1) is 13.9. The molecule has 4 nitrogen and oxygen atoms in total. The van der Waals surface area contributed by atoms with E-state index >= 15 is 0 Å². The molecule has 0 bridgehead atoms. The second-order valence-corrected chi connectivity index (χ2v) is 5.74. The molecule has 1 aliphatic carbocycles. The van der Waals surface area contributed by atoms with Crippen LogP contribution in [0.5, 0.6) is 5.75 Å². The molecule has 19 heavy (non-hydrogen) atoms. The van der Waals surface area contributed by atoms with Crippen molar-refractivity contribution in [3.63, 3.8) is 0 Å². The number of phenols is 1. The van der Waals surface area contributed by atoms with E-state index in [1.165, 1.54) is 0 Å². The molecule has 0 radical (unpaired) electrons. The van der Waals surface area contributed by atoms with Crippen LogP contribution in [-0.4, -0.2) is 23.6 Å². The van der Waals surface area contributed by atoms with Crippen LogP contribution in [0, 0.1) is 5.92 Å². The Morgan fingerprint density at radius 1 is 1.53 bits per heavy atom. The predicted octanol–water partition coefficient (Wildman–Crippen LogP) is 2.26. The van der Waals surface area contributed by atoms with Gasteiger partial charge in [0.1, 0.15) is 5.75 Å². The average molecular weight is 262 g/mol. The number of carbonyl (C=O) groups is 1. The van der Waals surface area contributed by atoms with E-state index < -0.39 is 5.54 Å². The third kappa shape index (κ3) is 2.89. The van der Waals surface area contributed by atoms with Crippen LogP contribution >= 0.6 is 0 Å². The minimum absolute atomic E-state index is 0.0651. The highest BCUT2D eigenvalue weighted by molar-refractivity contribution is 5.99. The smallest absolute Gasteiger partial charge is 0.246 e. The van der Waals surface area contributed by atoms with Crippen LogP contribution in [0.3, 0.4) is 0 Å². The molecule has 4 heteroatoms. The Morgan fingerprint density at radius 2 is 2.26 bits per heavy atom. The number of likely N-dealkylation sites (N-methyl/N-ethyl adjacent to an activating group) is 1. The highest BCUT2D eigenvalue weighted by Crippen LogP contribution is 2.33. The molecular weight excluding hydrogens is 240 g/mol. The number of aromatic hydroxyl groups is 1. The second-order valence-electron chi connectivity index (χ2n) is 5.74. The van der Waals surface area contributed by atoms with Gasteiger partial charge >= 0.3 is 0 Å². The highest BCUT2D eigenvalue weighted by atomic mass is 16.3. The Kier molecular flexibility index (Phi) is 3.80. The molecule has 0 spiro atoms. The number of amides is 1. The van der Waals surface area contributed by atoms with Gasteiger partial charge in [0.05, 0.1) is 5.54 Å².